The second-order valence-corrected chi connectivity index (χ2v) is 8.30. The number of sulfone groups is 1. The molecule has 0 saturated carbocycles. The highest BCUT2D eigenvalue weighted by molar-refractivity contribution is 7.91. The van der Waals surface area contributed by atoms with Crippen LogP contribution in [0.4, 0.5) is 0 Å². The molecule has 1 aliphatic rings. The molecule has 0 aromatic heterocycles. The first-order chi connectivity index (χ1) is 9.40. The van der Waals surface area contributed by atoms with Crippen molar-refractivity contribution >= 4 is 9.84 Å². The van der Waals surface area contributed by atoms with Crippen LogP contribution in [0, 0.1) is 0 Å². The fourth-order valence-electron chi connectivity index (χ4n) is 2.43. The maximum atomic E-state index is 11.7. The molecule has 4 nitrogen and oxygen atoms in total. The molecular formula is C15H23NO3S. The summed E-state index contributed by atoms with van der Waals surface area (Å²) in [4.78, 5) is 0. The van der Waals surface area contributed by atoms with Gasteiger partial charge in [0.15, 0.2) is 9.84 Å². The van der Waals surface area contributed by atoms with Gasteiger partial charge in [-0.05, 0) is 56.4 Å². The Morgan fingerprint density at radius 2 is 2.15 bits per heavy atom. The van der Waals surface area contributed by atoms with Crippen LogP contribution in [-0.2, 0) is 16.3 Å². The molecule has 0 spiro atoms. The Bertz CT molecular complexity index is 566. The first-order valence-electron chi connectivity index (χ1n) is 7.13. The molecule has 1 aromatic rings. The monoisotopic (exact) mass is 297 g/mol. The summed E-state index contributed by atoms with van der Waals surface area (Å²) in [5.41, 5.74) is 8.49. The maximum absolute atomic E-state index is 11.7. The molecular weight excluding hydrogens is 274 g/mol. The Morgan fingerprint density at radius 1 is 1.40 bits per heavy atom. The van der Waals surface area contributed by atoms with Gasteiger partial charge in [0, 0.05) is 6.04 Å². The number of nitrogens with two attached hydrogens (primary N) is 1. The van der Waals surface area contributed by atoms with Crippen molar-refractivity contribution in [1.29, 1.82) is 0 Å². The fraction of sp³-hybridized carbons (Fsp3) is 0.600. The average molecular weight is 297 g/mol. The third kappa shape index (κ3) is 3.52. The van der Waals surface area contributed by atoms with E-state index in [1.807, 2.05) is 18.2 Å². The number of aryl methyl sites for hydroxylation is 1. The molecule has 0 saturated heterocycles. The zero-order chi connectivity index (χ0) is 14.8. The maximum Gasteiger partial charge on any atom is 0.155 e. The Balaban J connectivity index is 1.98. The predicted octanol–water partition coefficient (Wildman–Crippen LogP) is 2.22. The van der Waals surface area contributed by atoms with Crippen molar-refractivity contribution in [2.75, 3.05) is 12.4 Å². The minimum atomic E-state index is -3.04. The molecule has 20 heavy (non-hydrogen) atoms. The molecule has 1 unspecified atom stereocenters. The van der Waals surface area contributed by atoms with Crippen molar-refractivity contribution < 1.29 is 13.2 Å². The molecule has 2 rings (SSSR count). The minimum absolute atomic E-state index is 0.0568. The van der Waals surface area contributed by atoms with Gasteiger partial charge in [-0.2, -0.15) is 0 Å². The van der Waals surface area contributed by atoms with E-state index in [0.717, 1.165) is 25.0 Å². The molecule has 2 N–H and O–H groups in total. The fourth-order valence-corrected chi connectivity index (χ4v) is 3.22. The smallest absolute Gasteiger partial charge is 0.155 e. The lowest BCUT2D eigenvalue weighted by molar-refractivity contribution is 0.339. The highest BCUT2D eigenvalue weighted by atomic mass is 32.2. The van der Waals surface area contributed by atoms with Gasteiger partial charge in [-0.1, -0.05) is 6.07 Å². The van der Waals surface area contributed by atoms with E-state index < -0.39 is 9.84 Å². The van der Waals surface area contributed by atoms with Crippen LogP contribution >= 0.6 is 0 Å². The van der Waals surface area contributed by atoms with E-state index >= 15 is 0 Å². The molecule has 112 valence electrons. The second-order valence-electron chi connectivity index (χ2n) is 5.62. The molecule has 0 heterocycles. The molecule has 0 fully saturated rings. The lowest BCUT2D eigenvalue weighted by atomic mass is 9.88. The number of hydrogen-bond donors (Lipinski definition) is 1. The number of rotatable bonds is 5. The van der Waals surface area contributed by atoms with Crippen LogP contribution in [0.25, 0.3) is 0 Å². The topological polar surface area (TPSA) is 69.4 Å². The van der Waals surface area contributed by atoms with E-state index in [1.54, 1.807) is 13.8 Å². The summed E-state index contributed by atoms with van der Waals surface area (Å²) >= 11 is 0. The van der Waals surface area contributed by atoms with Crippen LogP contribution in [0.3, 0.4) is 0 Å². The van der Waals surface area contributed by atoms with Gasteiger partial charge in [-0.3, -0.25) is 0 Å². The standard InChI is InChI=1S/C15H23NO3S/c1-11(2)20(17,18)9-8-19-13-6-7-14-12(10-13)4-3-5-15(14)16/h6-7,10-11,15H,3-5,8-9,16H2,1-2H3. The number of fused-ring (bicyclic) bond motifs is 1. The van der Waals surface area contributed by atoms with Crippen LogP contribution in [0.2, 0.25) is 0 Å². The SMILES string of the molecule is CC(C)S(=O)(=O)CCOc1ccc2c(c1)CCCC2N. The number of ether oxygens (including phenoxy) is 1. The van der Waals surface area contributed by atoms with Gasteiger partial charge in [0.05, 0.1) is 11.0 Å². The summed E-state index contributed by atoms with van der Waals surface area (Å²) in [6.07, 6.45) is 3.14. The third-order valence-corrected chi connectivity index (χ3v) is 6.00. The molecule has 0 amide bonds. The minimum Gasteiger partial charge on any atom is -0.493 e. The van der Waals surface area contributed by atoms with Crippen molar-refractivity contribution in [3.05, 3.63) is 29.3 Å². The first-order valence-corrected chi connectivity index (χ1v) is 8.84. The summed E-state index contributed by atoms with van der Waals surface area (Å²) in [6.45, 7) is 3.58. The molecule has 1 atom stereocenters. The highest BCUT2D eigenvalue weighted by Crippen LogP contribution is 2.30. The Morgan fingerprint density at radius 3 is 2.85 bits per heavy atom. The summed E-state index contributed by atoms with van der Waals surface area (Å²) < 4.78 is 29.0. The summed E-state index contributed by atoms with van der Waals surface area (Å²) in [5, 5.41) is -0.354. The largest absolute Gasteiger partial charge is 0.493 e. The van der Waals surface area contributed by atoms with Crippen LogP contribution in [0.5, 0.6) is 5.75 Å². The number of benzene rings is 1. The molecule has 0 aliphatic heterocycles. The van der Waals surface area contributed by atoms with Gasteiger partial charge in [0.25, 0.3) is 0 Å². The molecule has 1 aromatic carbocycles. The zero-order valence-corrected chi connectivity index (χ0v) is 12.9. The molecule has 0 bridgehead atoms. The van der Waals surface area contributed by atoms with Crippen molar-refractivity contribution in [3.8, 4) is 5.75 Å². The predicted molar refractivity (Wildman–Crippen MR) is 80.7 cm³/mol. The normalized spacial score (nSPS) is 18.9. The van der Waals surface area contributed by atoms with Crippen molar-refractivity contribution in [3.63, 3.8) is 0 Å². The van der Waals surface area contributed by atoms with Gasteiger partial charge in [0.1, 0.15) is 12.4 Å². The van der Waals surface area contributed by atoms with Crippen LogP contribution in [0.1, 0.15) is 43.9 Å². The van der Waals surface area contributed by atoms with E-state index in [9.17, 15) is 8.42 Å². The Labute approximate surface area is 121 Å². The molecule has 1 aliphatic carbocycles. The quantitative estimate of drug-likeness (QED) is 0.905. The lowest BCUT2D eigenvalue weighted by Crippen LogP contribution is -2.22. The summed E-state index contributed by atoms with van der Waals surface area (Å²) in [5.74, 6) is 0.790. The Kier molecular flexibility index (Phi) is 4.70. The zero-order valence-electron chi connectivity index (χ0n) is 12.1. The van der Waals surface area contributed by atoms with Crippen molar-refractivity contribution in [2.45, 2.75) is 44.4 Å². The molecule has 0 radical (unpaired) electrons. The van der Waals surface area contributed by atoms with E-state index in [-0.39, 0.29) is 23.7 Å². The first kappa shape index (κ1) is 15.3. The van der Waals surface area contributed by atoms with Crippen molar-refractivity contribution in [2.24, 2.45) is 5.73 Å². The Hall–Kier alpha value is -1.07. The van der Waals surface area contributed by atoms with Gasteiger partial charge >= 0.3 is 0 Å². The van der Waals surface area contributed by atoms with Gasteiger partial charge in [-0.15, -0.1) is 0 Å². The average Bonchev–Trinajstić information content (AvgIpc) is 2.38. The van der Waals surface area contributed by atoms with Gasteiger partial charge in [0.2, 0.25) is 0 Å². The van der Waals surface area contributed by atoms with E-state index in [0.29, 0.717) is 0 Å². The third-order valence-electron chi connectivity index (χ3n) is 3.83. The van der Waals surface area contributed by atoms with Crippen LogP contribution in [-0.4, -0.2) is 26.0 Å². The van der Waals surface area contributed by atoms with E-state index in [2.05, 4.69) is 0 Å². The van der Waals surface area contributed by atoms with Crippen LogP contribution < -0.4 is 10.5 Å². The van der Waals surface area contributed by atoms with Gasteiger partial charge in [-0.25, -0.2) is 8.42 Å². The van der Waals surface area contributed by atoms with Crippen molar-refractivity contribution in [1.82, 2.24) is 0 Å². The lowest BCUT2D eigenvalue weighted by Gasteiger charge is -2.22. The second kappa shape index (κ2) is 6.14. The van der Waals surface area contributed by atoms with E-state index in [4.69, 9.17) is 10.5 Å². The summed E-state index contributed by atoms with van der Waals surface area (Å²) in [7, 11) is -3.04. The van der Waals surface area contributed by atoms with Gasteiger partial charge < -0.3 is 10.5 Å². The van der Waals surface area contributed by atoms with E-state index in [1.165, 1.54) is 11.1 Å². The summed E-state index contributed by atoms with van der Waals surface area (Å²) in [6, 6.07) is 6.00. The van der Waals surface area contributed by atoms with Crippen LogP contribution in [0.15, 0.2) is 18.2 Å². The molecule has 5 heteroatoms. The number of hydrogen-bond acceptors (Lipinski definition) is 4. The highest BCUT2D eigenvalue weighted by Gasteiger charge is 2.18.